The lowest BCUT2D eigenvalue weighted by Crippen LogP contribution is -2.33. The van der Waals surface area contributed by atoms with Gasteiger partial charge in [0, 0.05) is 0 Å². The monoisotopic (exact) mass is 195 g/mol. The van der Waals surface area contributed by atoms with E-state index in [4.69, 9.17) is 9.84 Å². The Morgan fingerprint density at radius 1 is 1.50 bits per heavy atom. The van der Waals surface area contributed by atoms with Crippen LogP contribution in [0.5, 0.6) is 0 Å². The number of carbonyl (C=O) groups is 1. The maximum atomic E-state index is 10.1. The summed E-state index contributed by atoms with van der Waals surface area (Å²) in [6, 6.07) is 0. The standard InChI is InChI=1S/C7H13NO3.ClH/c9-7(10)5-11-6-1-3-8-4-2-6;/h6,8H,1-5H2,(H,9,10);1H. The highest BCUT2D eigenvalue weighted by Crippen LogP contribution is 2.06. The van der Waals surface area contributed by atoms with Crippen LogP contribution >= 0.6 is 12.4 Å². The van der Waals surface area contributed by atoms with Gasteiger partial charge in [0.2, 0.25) is 0 Å². The Morgan fingerprint density at radius 3 is 2.58 bits per heavy atom. The van der Waals surface area contributed by atoms with Crippen molar-refractivity contribution in [3.63, 3.8) is 0 Å². The Labute approximate surface area is 77.7 Å². The highest BCUT2D eigenvalue weighted by atomic mass is 35.5. The average molecular weight is 196 g/mol. The largest absolute Gasteiger partial charge is 0.480 e. The summed E-state index contributed by atoms with van der Waals surface area (Å²) < 4.78 is 5.10. The smallest absolute Gasteiger partial charge is 0.329 e. The van der Waals surface area contributed by atoms with Crippen LogP contribution < -0.4 is 5.32 Å². The number of nitrogens with one attached hydrogen (secondary N) is 1. The van der Waals surface area contributed by atoms with Crippen LogP contribution in [0.15, 0.2) is 0 Å². The minimum atomic E-state index is -0.886. The molecule has 1 fully saturated rings. The summed E-state index contributed by atoms with van der Waals surface area (Å²) >= 11 is 0. The van der Waals surface area contributed by atoms with E-state index in [-0.39, 0.29) is 25.1 Å². The van der Waals surface area contributed by atoms with Gasteiger partial charge in [-0.05, 0) is 25.9 Å². The van der Waals surface area contributed by atoms with E-state index < -0.39 is 5.97 Å². The molecule has 2 N–H and O–H groups in total. The predicted molar refractivity (Wildman–Crippen MR) is 46.7 cm³/mol. The van der Waals surface area contributed by atoms with E-state index >= 15 is 0 Å². The van der Waals surface area contributed by atoms with E-state index in [1.54, 1.807) is 0 Å². The average Bonchev–Trinajstić information content (AvgIpc) is 2.03. The third kappa shape index (κ3) is 4.54. The molecule has 0 bridgehead atoms. The van der Waals surface area contributed by atoms with Gasteiger partial charge in [-0.25, -0.2) is 4.79 Å². The lowest BCUT2D eigenvalue weighted by Gasteiger charge is -2.21. The van der Waals surface area contributed by atoms with E-state index in [9.17, 15) is 4.79 Å². The van der Waals surface area contributed by atoms with Gasteiger partial charge >= 0.3 is 5.97 Å². The molecule has 4 nitrogen and oxygen atoms in total. The van der Waals surface area contributed by atoms with Crippen LogP contribution in [0.3, 0.4) is 0 Å². The maximum Gasteiger partial charge on any atom is 0.329 e. The minimum Gasteiger partial charge on any atom is -0.480 e. The van der Waals surface area contributed by atoms with E-state index in [1.165, 1.54) is 0 Å². The maximum absolute atomic E-state index is 10.1. The molecule has 12 heavy (non-hydrogen) atoms. The summed E-state index contributed by atoms with van der Waals surface area (Å²) in [6.45, 7) is 1.71. The Bertz CT molecular complexity index is 137. The third-order valence-corrected chi connectivity index (χ3v) is 1.73. The van der Waals surface area contributed by atoms with Crippen LogP contribution in [0.1, 0.15) is 12.8 Å². The fraction of sp³-hybridized carbons (Fsp3) is 0.857. The van der Waals surface area contributed by atoms with Gasteiger partial charge in [-0.2, -0.15) is 0 Å². The van der Waals surface area contributed by atoms with Gasteiger partial charge in [-0.3, -0.25) is 0 Å². The second-order valence-electron chi connectivity index (χ2n) is 2.65. The quantitative estimate of drug-likeness (QED) is 0.679. The first kappa shape index (κ1) is 11.7. The van der Waals surface area contributed by atoms with Crippen molar-refractivity contribution in [2.75, 3.05) is 19.7 Å². The van der Waals surface area contributed by atoms with Crippen molar-refractivity contribution in [2.24, 2.45) is 0 Å². The molecular formula is C7H14ClNO3. The highest BCUT2D eigenvalue weighted by Gasteiger charge is 2.13. The molecule has 1 aliphatic rings. The lowest BCUT2D eigenvalue weighted by molar-refractivity contribution is -0.144. The van der Waals surface area contributed by atoms with Crippen molar-refractivity contribution in [3.8, 4) is 0 Å². The Morgan fingerprint density at radius 2 is 2.08 bits per heavy atom. The normalized spacial score (nSPS) is 18.3. The molecule has 0 radical (unpaired) electrons. The molecule has 0 atom stereocenters. The molecule has 1 rings (SSSR count). The molecule has 1 saturated heterocycles. The van der Waals surface area contributed by atoms with Gasteiger partial charge in [0.05, 0.1) is 6.10 Å². The molecule has 0 unspecified atom stereocenters. The van der Waals surface area contributed by atoms with Gasteiger partial charge in [0.1, 0.15) is 6.61 Å². The van der Waals surface area contributed by atoms with E-state index in [0.717, 1.165) is 25.9 Å². The third-order valence-electron chi connectivity index (χ3n) is 1.73. The molecule has 5 heteroatoms. The number of rotatable bonds is 3. The molecule has 0 aliphatic carbocycles. The second kappa shape index (κ2) is 6.22. The Kier molecular flexibility index (Phi) is 6.06. The molecule has 1 aliphatic heterocycles. The minimum absolute atomic E-state index is 0. The van der Waals surface area contributed by atoms with Crippen LogP contribution in [-0.4, -0.2) is 36.9 Å². The molecule has 0 aromatic heterocycles. The first-order valence-electron chi connectivity index (χ1n) is 3.83. The summed E-state index contributed by atoms with van der Waals surface area (Å²) in [6.07, 6.45) is 1.99. The van der Waals surface area contributed by atoms with Crippen LogP contribution in [0, 0.1) is 0 Å². The van der Waals surface area contributed by atoms with Gasteiger partial charge in [-0.15, -0.1) is 12.4 Å². The first-order valence-corrected chi connectivity index (χ1v) is 3.83. The van der Waals surface area contributed by atoms with Gasteiger partial charge in [0.25, 0.3) is 0 Å². The number of hydrogen-bond donors (Lipinski definition) is 2. The Balaban J connectivity index is 0.00000121. The number of piperidine rings is 1. The van der Waals surface area contributed by atoms with Crippen molar-refractivity contribution in [2.45, 2.75) is 18.9 Å². The number of hydrogen-bond acceptors (Lipinski definition) is 3. The molecular weight excluding hydrogens is 182 g/mol. The summed E-state index contributed by atoms with van der Waals surface area (Å²) in [5.74, 6) is -0.886. The van der Waals surface area contributed by atoms with Crippen molar-refractivity contribution in [1.82, 2.24) is 5.32 Å². The fourth-order valence-electron chi connectivity index (χ4n) is 1.15. The zero-order chi connectivity index (χ0) is 8.10. The molecule has 0 amide bonds. The molecule has 0 saturated carbocycles. The fourth-order valence-corrected chi connectivity index (χ4v) is 1.15. The second-order valence-corrected chi connectivity index (χ2v) is 2.65. The van der Waals surface area contributed by atoms with Crippen molar-refractivity contribution < 1.29 is 14.6 Å². The number of halogens is 1. The predicted octanol–water partition coefficient (Wildman–Crippen LogP) is 0.261. The summed E-state index contributed by atoms with van der Waals surface area (Å²) in [7, 11) is 0. The van der Waals surface area contributed by atoms with E-state index in [1.807, 2.05) is 0 Å². The van der Waals surface area contributed by atoms with Gasteiger partial charge in [0.15, 0.2) is 0 Å². The SMILES string of the molecule is Cl.O=C(O)COC1CCNCC1. The highest BCUT2D eigenvalue weighted by molar-refractivity contribution is 5.85. The number of carboxylic acids is 1. The first-order chi connectivity index (χ1) is 5.29. The molecule has 0 spiro atoms. The molecule has 1 heterocycles. The van der Waals surface area contributed by atoms with Gasteiger partial charge in [-0.1, -0.05) is 0 Å². The topological polar surface area (TPSA) is 58.6 Å². The summed E-state index contributed by atoms with van der Waals surface area (Å²) in [4.78, 5) is 10.1. The lowest BCUT2D eigenvalue weighted by atomic mass is 10.1. The van der Waals surface area contributed by atoms with Crippen molar-refractivity contribution >= 4 is 18.4 Å². The Hall–Kier alpha value is -0.320. The van der Waals surface area contributed by atoms with Crippen molar-refractivity contribution in [3.05, 3.63) is 0 Å². The molecule has 0 aromatic carbocycles. The zero-order valence-electron chi connectivity index (χ0n) is 6.78. The van der Waals surface area contributed by atoms with Crippen LogP contribution in [0.4, 0.5) is 0 Å². The van der Waals surface area contributed by atoms with Crippen LogP contribution in [0.25, 0.3) is 0 Å². The number of carboxylic acid groups (broad SMARTS) is 1. The van der Waals surface area contributed by atoms with E-state index in [0.29, 0.717) is 0 Å². The molecule has 0 aromatic rings. The number of aliphatic carboxylic acids is 1. The van der Waals surface area contributed by atoms with Gasteiger partial charge < -0.3 is 15.2 Å². The zero-order valence-corrected chi connectivity index (χ0v) is 7.60. The number of ether oxygens (including phenoxy) is 1. The van der Waals surface area contributed by atoms with Crippen molar-refractivity contribution in [1.29, 1.82) is 0 Å². The summed E-state index contributed by atoms with van der Waals surface area (Å²) in [5, 5.41) is 11.5. The van der Waals surface area contributed by atoms with Crippen LogP contribution in [-0.2, 0) is 9.53 Å². The molecule has 72 valence electrons. The van der Waals surface area contributed by atoms with E-state index in [2.05, 4.69) is 5.32 Å². The van der Waals surface area contributed by atoms with Crippen LogP contribution in [0.2, 0.25) is 0 Å². The summed E-state index contributed by atoms with van der Waals surface area (Å²) in [5.41, 5.74) is 0.